The van der Waals surface area contributed by atoms with Gasteiger partial charge in [-0.1, -0.05) is 6.08 Å². The fourth-order valence-electron chi connectivity index (χ4n) is 3.63. The van der Waals surface area contributed by atoms with Crippen LogP contribution in [0.4, 0.5) is 4.39 Å². The van der Waals surface area contributed by atoms with Gasteiger partial charge < -0.3 is 0 Å². The molecule has 0 unspecified atom stereocenters. The van der Waals surface area contributed by atoms with Crippen LogP contribution in [-0.2, 0) is 0 Å². The van der Waals surface area contributed by atoms with Gasteiger partial charge in [-0.3, -0.25) is 0 Å². The molecular weight excluding hydrogens is 213 g/mol. The fraction of sp³-hybridized carbons (Fsp3) is 0.800. The van der Waals surface area contributed by atoms with Crippen molar-refractivity contribution >= 4 is 0 Å². The van der Waals surface area contributed by atoms with Crippen molar-refractivity contribution in [3.05, 3.63) is 12.4 Å². The zero-order valence-electron chi connectivity index (χ0n) is 10.4. The molecule has 2 aliphatic rings. The van der Waals surface area contributed by atoms with E-state index in [2.05, 4.69) is 6.07 Å². The van der Waals surface area contributed by atoms with E-state index in [0.717, 1.165) is 37.5 Å². The van der Waals surface area contributed by atoms with Crippen LogP contribution in [0.5, 0.6) is 0 Å². The van der Waals surface area contributed by atoms with Crippen molar-refractivity contribution in [1.82, 2.24) is 0 Å². The largest absolute Gasteiger partial charge is 0.216 e. The maximum absolute atomic E-state index is 12.1. The van der Waals surface area contributed by atoms with Crippen molar-refractivity contribution in [3.8, 4) is 6.07 Å². The topological polar surface area (TPSA) is 23.8 Å². The minimum Gasteiger partial charge on any atom is -0.216 e. The SMILES string of the molecule is N#CC1CCC(C2CCC(C=CF)CC2)CC1. The van der Waals surface area contributed by atoms with Crippen LogP contribution in [0, 0.1) is 35.0 Å². The summed E-state index contributed by atoms with van der Waals surface area (Å²) < 4.78 is 12.1. The second kappa shape index (κ2) is 6.19. The first-order chi connectivity index (χ1) is 8.33. The molecule has 0 atom stereocenters. The lowest BCUT2D eigenvalue weighted by Gasteiger charge is -2.36. The Morgan fingerprint density at radius 1 is 0.882 bits per heavy atom. The average Bonchev–Trinajstić information content (AvgIpc) is 2.40. The fourth-order valence-corrected chi connectivity index (χ4v) is 3.63. The van der Waals surface area contributed by atoms with Crippen LogP contribution >= 0.6 is 0 Å². The summed E-state index contributed by atoms with van der Waals surface area (Å²) >= 11 is 0. The summed E-state index contributed by atoms with van der Waals surface area (Å²) in [6.45, 7) is 0. The van der Waals surface area contributed by atoms with Gasteiger partial charge in [-0.15, -0.1) is 0 Å². The third-order valence-corrected chi connectivity index (χ3v) is 4.78. The van der Waals surface area contributed by atoms with Crippen molar-refractivity contribution in [2.75, 3.05) is 0 Å². The molecule has 2 aliphatic carbocycles. The summed E-state index contributed by atoms with van der Waals surface area (Å²) in [6.07, 6.45) is 12.0. The molecule has 0 aromatic carbocycles. The van der Waals surface area contributed by atoms with E-state index >= 15 is 0 Å². The monoisotopic (exact) mass is 235 g/mol. The van der Waals surface area contributed by atoms with Gasteiger partial charge in [-0.2, -0.15) is 5.26 Å². The first kappa shape index (κ1) is 12.6. The van der Waals surface area contributed by atoms with E-state index in [1.807, 2.05) is 0 Å². The lowest BCUT2D eigenvalue weighted by Crippen LogP contribution is -2.25. The summed E-state index contributed by atoms with van der Waals surface area (Å²) in [5, 5.41) is 8.89. The van der Waals surface area contributed by atoms with Gasteiger partial charge in [0.15, 0.2) is 0 Å². The van der Waals surface area contributed by atoms with Crippen LogP contribution < -0.4 is 0 Å². The Balaban J connectivity index is 1.76. The molecule has 0 aliphatic heterocycles. The highest BCUT2D eigenvalue weighted by atomic mass is 19.1. The Morgan fingerprint density at radius 3 is 1.88 bits per heavy atom. The molecule has 2 fully saturated rings. The molecule has 0 amide bonds. The van der Waals surface area contributed by atoms with Gasteiger partial charge in [0.2, 0.25) is 0 Å². The summed E-state index contributed by atoms with van der Waals surface area (Å²) in [5.41, 5.74) is 0. The molecule has 94 valence electrons. The lowest BCUT2D eigenvalue weighted by molar-refractivity contribution is 0.167. The van der Waals surface area contributed by atoms with Crippen molar-refractivity contribution in [2.45, 2.75) is 51.4 Å². The summed E-state index contributed by atoms with van der Waals surface area (Å²) in [4.78, 5) is 0. The molecule has 0 spiro atoms. The van der Waals surface area contributed by atoms with Crippen LogP contribution in [0.25, 0.3) is 0 Å². The number of halogens is 1. The standard InChI is InChI=1S/C15H22FN/c16-10-9-12-1-5-14(6-2-12)15-7-3-13(11-17)4-8-15/h9-10,12-15H,1-8H2. The maximum atomic E-state index is 12.1. The number of hydrogen-bond acceptors (Lipinski definition) is 1. The molecule has 0 aromatic rings. The Hall–Kier alpha value is -0.840. The summed E-state index contributed by atoms with van der Waals surface area (Å²) in [7, 11) is 0. The van der Waals surface area contributed by atoms with E-state index in [4.69, 9.17) is 5.26 Å². The third-order valence-electron chi connectivity index (χ3n) is 4.78. The van der Waals surface area contributed by atoms with E-state index < -0.39 is 0 Å². The molecule has 2 heteroatoms. The number of allylic oxidation sites excluding steroid dienone is 1. The Labute approximate surface area is 104 Å². The van der Waals surface area contributed by atoms with Gasteiger partial charge in [0.25, 0.3) is 0 Å². The van der Waals surface area contributed by atoms with Gasteiger partial charge in [0.1, 0.15) is 0 Å². The summed E-state index contributed by atoms with van der Waals surface area (Å²) in [6, 6.07) is 2.40. The number of nitriles is 1. The minimum absolute atomic E-state index is 0.317. The molecule has 0 radical (unpaired) electrons. The highest BCUT2D eigenvalue weighted by Crippen LogP contribution is 2.41. The van der Waals surface area contributed by atoms with Crippen LogP contribution in [-0.4, -0.2) is 0 Å². The van der Waals surface area contributed by atoms with Gasteiger partial charge >= 0.3 is 0 Å². The average molecular weight is 235 g/mol. The predicted molar refractivity (Wildman–Crippen MR) is 66.8 cm³/mol. The lowest BCUT2D eigenvalue weighted by atomic mass is 9.69. The molecular formula is C15H22FN. The van der Waals surface area contributed by atoms with Gasteiger partial charge in [0.05, 0.1) is 12.4 Å². The molecule has 0 bridgehead atoms. The van der Waals surface area contributed by atoms with Crippen molar-refractivity contribution < 1.29 is 4.39 Å². The second-order valence-corrected chi connectivity index (χ2v) is 5.73. The highest BCUT2D eigenvalue weighted by Gasteiger charge is 2.30. The number of hydrogen-bond donors (Lipinski definition) is 0. The molecule has 2 saturated carbocycles. The van der Waals surface area contributed by atoms with E-state index in [9.17, 15) is 4.39 Å². The third kappa shape index (κ3) is 3.31. The highest BCUT2D eigenvalue weighted by molar-refractivity contribution is 4.92. The van der Waals surface area contributed by atoms with E-state index in [1.54, 1.807) is 6.08 Å². The smallest absolute Gasteiger partial charge is 0.0829 e. The number of nitrogens with zero attached hydrogens (tertiary/aromatic N) is 1. The molecule has 0 N–H and O–H groups in total. The molecule has 1 nitrogen and oxygen atoms in total. The quantitative estimate of drug-likeness (QED) is 0.686. The zero-order chi connectivity index (χ0) is 12.1. The van der Waals surface area contributed by atoms with Gasteiger partial charge in [-0.25, -0.2) is 4.39 Å². The van der Waals surface area contributed by atoms with E-state index in [1.165, 1.54) is 25.7 Å². The normalized spacial score (nSPS) is 39.1. The molecule has 2 rings (SSSR count). The minimum atomic E-state index is 0.317. The van der Waals surface area contributed by atoms with Crippen molar-refractivity contribution in [1.29, 1.82) is 5.26 Å². The first-order valence-electron chi connectivity index (χ1n) is 7.00. The van der Waals surface area contributed by atoms with Crippen molar-refractivity contribution in [3.63, 3.8) is 0 Å². The number of rotatable bonds is 2. The van der Waals surface area contributed by atoms with Crippen molar-refractivity contribution in [2.24, 2.45) is 23.7 Å². The molecule has 0 saturated heterocycles. The zero-order valence-corrected chi connectivity index (χ0v) is 10.4. The van der Waals surface area contributed by atoms with Gasteiger partial charge in [0, 0.05) is 5.92 Å². The van der Waals surface area contributed by atoms with Crippen LogP contribution in [0.15, 0.2) is 12.4 Å². The maximum Gasteiger partial charge on any atom is 0.0829 e. The van der Waals surface area contributed by atoms with Crippen LogP contribution in [0.2, 0.25) is 0 Å². The second-order valence-electron chi connectivity index (χ2n) is 5.73. The van der Waals surface area contributed by atoms with Gasteiger partial charge in [-0.05, 0) is 69.1 Å². The summed E-state index contributed by atoms with van der Waals surface area (Å²) in [5.74, 6) is 2.48. The van der Waals surface area contributed by atoms with Crippen LogP contribution in [0.3, 0.4) is 0 Å². The Morgan fingerprint density at radius 2 is 1.41 bits per heavy atom. The van der Waals surface area contributed by atoms with E-state index in [0.29, 0.717) is 18.2 Å². The van der Waals surface area contributed by atoms with E-state index in [-0.39, 0.29) is 0 Å². The Bertz CT molecular complexity index is 289. The first-order valence-corrected chi connectivity index (χ1v) is 7.00. The van der Waals surface area contributed by atoms with Crippen LogP contribution in [0.1, 0.15) is 51.4 Å². The molecule has 0 heterocycles. The predicted octanol–water partition coefficient (Wildman–Crippen LogP) is 4.61. The molecule has 17 heavy (non-hydrogen) atoms. The molecule has 0 aromatic heterocycles. The Kier molecular flexibility index (Phi) is 4.59.